The molecule has 2 rings (SSSR count). The first-order valence-electron chi connectivity index (χ1n) is 6.16. The molecule has 0 spiro atoms. The summed E-state index contributed by atoms with van der Waals surface area (Å²) in [7, 11) is 0. The van der Waals surface area contributed by atoms with E-state index in [1.165, 1.54) is 0 Å². The first-order chi connectivity index (χ1) is 9.54. The van der Waals surface area contributed by atoms with Crippen LogP contribution in [0.15, 0.2) is 42.5 Å². The van der Waals surface area contributed by atoms with Crippen molar-refractivity contribution in [3.63, 3.8) is 0 Å². The lowest BCUT2D eigenvalue weighted by Crippen LogP contribution is -2.31. The van der Waals surface area contributed by atoms with E-state index in [-0.39, 0.29) is 5.91 Å². The highest BCUT2D eigenvalue weighted by Crippen LogP contribution is 2.27. The van der Waals surface area contributed by atoms with E-state index in [4.69, 9.17) is 28.9 Å². The molecule has 0 atom stereocenters. The minimum atomic E-state index is -0.202. The third kappa shape index (κ3) is 2.89. The van der Waals surface area contributed by atoms with Gasteiger partial charge in [0, 0.05) is 11.6 Å². The maximum atomic E-state index is 12.6. The number of carbonyl (C=O) groups is 1. The summed E-state index contributed by atoms with van der Waals surface area (Å²) < 4.78 is 0. The molecule has 0 saturated carbocycles. The Hall–Kier alpha value is -1.71. The molecule has 0 heterocycles. The molecule has 0 aliphatic heterocycles. The van der Waals surface area contributed by atoms with Crippen LogP contribution >= 0.6 is 23.2 Å². The van der Waals surface area contributed by atoms with Gasteiger partial charge in [-0.1, -0.05) is 35.3 Å². The van der Waals surface area contributed by atoms with Crippen molar-refractivity contribution in [1.82, 2.24) is 0 Å². The quantitative estimate of drug-likeness (QED) is 0.862. The summed E-state index contributed by atoms with van der Waals surface area (Å²) in [5.74, 6) is -0.202. The second kappa shape index (κ2) is 6.16. The van der Waals surface area contributed by atoms with E-state index in [0.717, 1.165) is 0 Å². The van der Waals surface area contributed by atoms with Crippen molar-refractivity contribution >= 4 is 40.5 Å². The van der Waals surface area contributed by atoms with Crippen molar-refractivity contribution in [2.75, 3.05) is 17.2 Å². The fourth-order valence-electron chi connectivity index (χ4n) is 1.97. The zero-order valence-corrected chi connectivity index (χ0v) is 12.4. The predicted octanol–water partition coefficient (Wildman–Crippen LogP) is 4.24. The van der Waals surface area contributed by atoms with Crippen LogP contribution in [-0.2, 0) is 0 Å². The van der Waals surface area contributed by atoms with Crippen LogP contribution in [0.4, 0.5) is 11.4 Å². The second-order valence-corrected chi connectivity index (χ2v) is 5.08. The van der Waals surface area contributed by atoms with Crippen molar-refractivity contribution in [1.29, 1.82) is 0 Å². The van der Waals surface area contributed by atoms with Crippen LogP contribution in [0.1, 0.15) is 17.3 Å². The number of halogens is 2. The van der Waals surface area contributed by atoms with Crippen LogP contribution in [-0.4, -0.2) is 12.5 Å². The first-order valence-corrected chi connectivity index (χ1v) is 6.91. The number of hydrogen-bond donors (Lipinski definition) is 1. The molecule has 0 aliphatic carbocycles. The van der Waals surface area contributed by atoms with Crippen LogP contribution in [0.3, 0.4) is 0 Å². The van der Waals surface area contributed by atoms with Gasteiger partial charge in [-0.15, -0.1) is 0 Å². The fraction of sp³-hybridized carbons (Fsp3) is 0.133. The Balaban J connectivity index is 2.42. The molecule has 2 aromatic carbocycles. The maximum absolute atomic E-state index is 12.6. The normalized spacial score (nSPS) is 10.3. The van der Waals surface area contributed by atoms with Gasteiger partial charge in [-0.2, -0.15) is 0 Å². The van der Waals surface area contributed by atoms with E-state index in [2.05, 4.69) is 0 Å². The lowest BCUT2D eigenvalue weighted by molar-refractivity contribution is 0.0988. The molecule has 2 N–H and O–H groups in total. The number of rotatable bonds is 3. The Morgan fingerprint density at radius 2 is 1.90 bits per heavy atom. The number of para-hydroxylation sites is 2. The zero-order valence-electron chi connectivity index (χ0n) is 10.9. The average Bonchev–Trinajstić information content (AvgIpc) is 2.41. The number of nitrogens with zero attached hydrogens (tertiary/aromatic N) is 1. The molecule has 3 nitrogen and oxygen atoms in total. The van der Waals surface area contributed by atoms with E-state index >= 15 is 0 Å². The Morgan fingerprint density at radius 1 is 1.20 bits per heavy atom. The van der Waals surface area contributed by atoms with Gasteiger partial charge in [0.15, 0.2) is 0 Å². The molecule has 1 amide bonds. The highest BCUT2D eigenvalue weighted by molar-refractivity contribution is 6.37. The number of nitrogens with two attached hydrogens (primary N) is 1. The fourth-order valence-corrected chi connectivity index (χ4v) is 2.45. The monoisotopic (exact) mass is 308 g/mol. The van der Waals surface area contributed by atoms with Gasteiger partial charge in [-0.3, -0.25) is 4.79 Å². The molecule has 20 heavy (non-hydrogen) atoms. The molecule has 5 heteroatoms. The summed E-state index contributed by atoms with van der Waals surface area (Å²) in [6.45, 7) is 2.38. The lowest BCUT2D eigenvalue weighted by atomic mass is 10.1. The molecular weight excluding hydrogens is 295 g/mol. The molecule has 0 unspecified atom stereocenters. The number of anilines is 2. The highest BCUT2D eigenvalue weighted by Gasteiger charge is 2.20. The minimum absolute atomic E-state index is 0.202. The van der Waals surface area contributed by atoms with E-state index in [1.54, 1.807) is 35.2 Å². The molecule has 0 saturated heterocycles. The predicted molar refractivity (Wildman–Crippen MR) is 84.7 cm³/mol. The maximum Gasteiger partial charge on any atom is 0.259 e. The summed E-state index contributed by atoms with van der Waals surface area (Å²) in [5, 5.41) is 0.823. The van der Waals surface area contributed by atoms with Gasteiger partial charge in [-0.25, -0.2) is 0 Å². The van der Waals surface area contributed by atoms with Crippen molar-refractivity contribution in [3.05, 3.63) is 58.1 Å². The summed E-state index contributed by atoms with van der Waals surface area (Å²) >= 11 is 11.9. The van der Waals surface area contributed by atoms with Crippen LogP contribution in [0.25, 0.3) is 0 Å². The lowest BCUT2D eigenvalue weighted by Gasteiger charge is -2.23. The molecule has 0 aromatic heterocycles. The van der Waals surface area contributed by atoms with Crippen LogP contribution < -0.4 is 10.6 Å². The number of nitrogen functional groups attached to an aromatic ring is 1. The number of benzene rings is 2. The smallest absolute Gasteiger partial charge is 0.259 e. The van der Waals surface area contributed by atoms with Crippen molar-refractivity contribution in [2.24, 2.45) is 0 Å². The molecule has 0 fully saturated rings. The molecule has 2 aromatic rings. The summed E-state index contributed by atoms with van der Waals surface area (Å²) in [6, 6.07) is 12.0. The third-order valence-corrected chi connectivity index (χ3v) is 3.50. The van der Waals surface area contributed by atoms with Gasteiger partial charge in [0.05, 0.1) is 22.0 Å². The van der Waals surface area contributed by atoms with Gasteiger partial charge >= 0.3 is 0 Å². The van der Waals surface area contributed by atoms with Gasteiger partial charge in [-0.05, 0) is 37.3 Å². The summed E-state index contributed by atoms with van der Waals surface area (Å²) in [4.78, 5) is 14.2. The second-order valence-electron chi connectivity index (χ2n) is 4.23. The zero-order chi connectivity index (χ0) is 14.7. The van der Waals surface area contributed by atoms with Crippen molar-refractivity contribution < 1.29 is 4.79 Å². The third-order valence-electron chi connectivity index (χ3n) is 2.95. The van der Waals surface area contributed by atoms with E-state index < -0.39 is 0 Å². The van der Waals surface area contributed by atoms with Gasteiger partial charge < -0.3 is 10.6 Å². The standard InChI is InChI=1S/C15H14Cl2N2O/c1-2-19(14-6-4-3-5-13(14)18)15(20)11-8-7-10(16)9-12(11)17/h3-9H,2,18H2,1H3. The number of hydrogen-bond acceptors (Lipinski definition) is 2. The van der Waals surface area contributed by atoms with E-state index in [0.29, 0.717) is 33.5 Å². The SMILES string of the molecule is CCN(C(=O)c1ccc(Cl)cc1Cl)c1ccccc1N. The van der Waals surface area contributed by atoms with Crippen LogP contribution in [0, 0.1) is 0 Å². The van der Waals surface area contributed by atoms with Crippen LogP contribution in [0.2, 0.25) is 10.0 Å². The Kier molecular flexibility index (Phi) is 4.53. The highest BCUT2D eigenvalue weighted by atomic mass is 35.5. The van der Waals surface area contributed by atoms with Crippen LogP contribution in [0.5, 0.6) is 0 Å². The molecule has 0 aliphatic rings. The molecular formula is C15H14Cl2N2O. The van der Waals surface area contributed by atoms with Crippen molar-refractivity contribution in [3.8, 4) is 0 Å². The topological polar surface area (TPSA) is 46.3 Å². The first kappa shape index (κ1) is 14.7. The average molecular weight is 309 g/mol. The minimum Gasteiger partial charge on any atom is -0.397 e. The van der Waals surface area contributed by atoms with E-state index in [9.17, 15) is 4.79 Å². The number of carbonyl (C=O) groups excluding carboxylic acids is 1. The summed E-state index contributed by atoms with van der Waals surface area (Å²) in [6.07, 6.45) is 0. The Bertz CT molecular complexity index is 644. The molecule has 0 bridgehead atoms. The molecule has 104 valence electrons. The van der Waals surface area contributed by atoms with Gasteiger partial charge in [0.1, 0.15) is 0 Å². The van der Waals surface area contributed by atoms with Gasteiger partial charge in [0.2, 0.25) is 0 Å². The largest absolute Gasteiger partial charge is 0.397 e. The Labute approximate surface area is 127 Å². The van der Waals surface area contributed by atoms with Crippen molar-refractivity contribution in [2.45, 2.75) is 6.92 Å². The summed E-state index contributed by atoms with van der Waals surface area (Å²) in [5.41, 5.74) is 7.55. The number of amides is 1. The molecule has 0 radical (unpaired) electrons. The Morgan fingerprint density at radius 3 is 2.50 bits per heavy atom. The van der Waals surface area contributed by atoms with Gasteiger partial charge in [0.25, 0.3) is 5.91 Å². The van der Waals surface area contributed by atoms with E-state index in [1.807, 2.05) is 19.1 Å².